The van der Waals surface area contributed by atoms with E-state index in [1.54, 1.807) is 16.4 Å². The first-order valence-corrected chi connectivity index (χ1v) is 15.5. The van der Waals surface area contributed by atoms with Gasteiger partial charge in [0.15, 0.2) is 0 Å². The first kappa shape index (κ1) is 29.8. The van der Waals surface area contributed by atoms with E-state index in [4.69, 9.17) is 0 Å². The Labute approximate surface area is 238 Å². The number of aryl methyl sites for hydroxylation is 1. The first-order valence-electron chi connectivity index (χ1n) is 13.8. The standard InChI is InChI=1S/C30H41N5O4S/c1-3-32-26-17-24(18-27(19-26)35-14-7-8-15-40(35,38)39)30(37)34-28(16-23-11-5-4-6-12-23)29(36)21-31-20-25-13-9-10-22(2)33-25/h4-6,9-13,17-19,28-29,31-32,36,38-39H,3,7-8,14-16,20-21H2,1-2H3,(H,34,37)/t28-,29+/m0/s1. The van der Waals surface area contributed by atoms with Crippen molar-refractivity contribution in [3.63, 3.8) is 0 Å². The van der Waals surface area contributed by atoms with Crippen LogP contribution in [0.25, 0.3) is 0 Å². The maximum absolute atomic E-state index is 13.6. The zero-order chi connectivity index (χ0) is 28.5. The number of anilines is 2. The van der Waals surface area contributed by atoms with E-state index >= 15 is 0 Å². The van der Waals surface area contributed by atoms with Crippen LogP contribution in [-0.4, -0.2) is 62.6 Å². The van der Waals surface area contributed by atoms with Gasteiger partial charge >= 0.3 is 0 Å². The SMILES string of the molecule is CCNc1cc(C(=O)N[C@@H](Cc2ccccc2)[C@H](O)CNCc2cccc(C)n2)cc(N2CCCCS2(O)O)c1. The number of aromatic nitrogens is 1. The Balaban J connectivity index is 1.53. The summed E-state index contributed by atoms with van der Waals surface area (Å²) in [5.41, 5.74) is 4.51. The molecule has 2 heterocycles. The molecule has 40 heavy (non-hydrogen) atoms. The van der Waals surface area contributed by atoms with Crippen LogP contribution >= 0.6 is 10.8 Å². The normalized spacial score (nSPS) is 17.1. The van der Waals surface area contributed by atoms with Crippen molar-refractivity contribution in [2.75, 3.05) is 35.0 Å². The largest absolute Gasteiger partial charge is 0.390 e. The van der Waals surface area contributed by atoms with Crippen LogP contribution in [0.15, 0.2) is 66.7 Å². The third-order valence-corrected chi connectivity index (χ3v) is 8.85. The van der Waals surface area contributed by atoms with Crippen molar-refractivity contribution in [3.8, 4) is 0 Å². The Morgan fingerprint density at radius 3 is 2.60 bits per heavy atom. The van der Waals surface area contributed by atoms with Crippen molar-refractivity contribution in [2.45, 2.75) is 51.8 Å². The molecule has 4 rings (SSSR count). The zero-order valence-corrected chi connectivity index (χ0v) is 24.0. The van der Waals surface area contributed by atoms with Crippen LogP contribution < -0.4 is 20.3 Å². The summed E-state index contributed by atoms with van der Waals surface area (Å²) in [6.45, 7) is 5.83. The van der Waals surface area contributed by atoms with Crippen LogP contribution in [0.2, 0.25) is 0 Å². The summed E-state index contributed by atoms with van der Waals surface area (Å²) in [6.07, 6.45) is 1.19. The predicted octanol–water partition coefficient (Wildman–Crippen LogP) is 4.58. The molecule has 10 heteroatoms. The first-order chi connectivity index (χ1) is 19.2. The highest BCUT2D eigenvalue weighted by Crippen LogP contribution is 2.50. The molecule has 3 aromatic rings. The summed E-state index contributed by atoms with van der Waals surface area (Å²) < 4.78 is 23.0. The molecule has 1 amide bonds. The summed E-state index contributed by atoms with van der Waals surface area (Å²) >= 11 is 0. The van der Waals surface area contributed by atoms with Crippen LogP contribution in [0, 0.1) is 6.92 Å². The Kier molecular flexibility index (Phi) is 10.4. The van der Waals surface area contributed by atoms with Gasteiger partial charge in [0.1, 0.15) is 0 Å². The third-order valence-electron chi connectivity index (χ3n) is 6.92. The van der Waals surface area contributed by atoms with E-state index in [0.29, 0.717) is 43.1 Å². The number of amides is 1. The molecular weight excluding hydrogens is 526 g/mol. The van der Waals surface area contributed by atoms with E-state index in [1.165, 1.54) is 0 Å². The molecule has 1 fully saturated rings. The minimum atomic E-state index is -2.94. The summed E-state index contributed by atoms with van der Waals surface area (Å²) in [6, 6.07) is 20.3. The van der Waals surface area contributed by atoms with Crippen LogP contribution in [0.1, 0.15) is 47.1 Å². The second kappa shape index (κ2) is 14.0. The van der Waals surface area contributed by atoms with Crippen molar-refractivity contribution < 1.29 is 19.0 Å². The molecule has 1 aromatic heterocycles. The second-order valence-corrected chi connectivity index (χ2v) is 12.3. The Morgan fingerprint density at radius 2 is 1.88 bits per heavy atom. The highest BCUT2D eigenvalue weighted by Gasteiger charge is 2.28. The maximum Gasteiger partial charge on any atom is 0.251 e. The van der Waals surface area contributed by atoms with Crippen LogP contribution in [0.5, 0.6) is 0 Å². The van der Waals surface area contributed by atoms with Crippen LogP contribution in [-0.2, 0) is 13.0 Å². The van der Waals surface area contributed by atoms with E-state index in [1.807, 2.05) is 68.4 Å². The summed E-state index contributed by atoms with van der Waals surface area (Å²) in [4.78, 5) is 18.1. The van der Waals surface area contributed by atoms with Gasteiger partial charge < -0.3 is 21.1 Å². The predicted molar refractivity (Wildman–Crippen MR) is 163 cm³/mol. The van der Waals surface area contributed by atoms with E-state index in [-0.39, 0.29) is 12.5 Å². The highest BCUT2D eigenvalue weighted by molar-refractivity contribution is 8.25. The van der Waals surface area contributed by atoms with Gasteiger partial charge in [-0.3, -0.25) is 23.2 Å². The van der Waals surface area contributed by atoms with E-state index in [0.717, 1.165) is 35.5 Å². The maximum atomic E-state index is 13.6. The van der Waals surface area contributed by atoms with Gasteiger partial charge in [-0.05, 0) is 69.0 Å². The number of carbonyl (C=O) groups is 1. The van der Waals surface area contributed by atoms with Crippen molar-refractivity contribution in [3.05, 3.63) is 89.2 Å². The van der Waals surface area contributed by atoms with Gasteiger partial charge in [-0.15, -0.1) is 10.8 Å². The van der Waals surface area contributed by atoms with E-state index in [9.17, 15) is 19.0 Å². The lowest BCUT2D eigenvalue weighted by Gasteiger charge is -2.47. The number of benzene rings is 2. The van der Waals surface area contributed by atoms with Gasteiger partial charge in [-0.2, -0.15) is 0 Å². The average Bonchev–Trinajstić information content (AvgIpc) is 2.93. The number of nitrogens with zero attached hydrogens (tertiary/aromatic N) is 2. The molecule has 0 unspecified atom stereocenters. The van der Waals surface area contributed by atoms with Crippen LogP contribution in [0.4, 0.5) is 11.4 Å². The molecule has 1 saturated heterocycles. The van der Waals surface area contributed by atoms with Crippen molar-refractivity contribution in [2.24, 2.45) is 0 Å². The number of aliphatic hydroxyl groups is 1. The van der Waals surface area contributed by atoms with Gasteiger partial charge in [0.25, 0.3) is 5.91 Å². The van der Waals surface area contributed by atoms with Crippen LogP contribution in [0.3, 0.4) is 0 Å². The Morgan fingerprint density at radius 1 is 1.07 bits per heavy atom. The number of rotatable bonds is 12. The minimum Gasteiger partial charge on any atom is -0.390 e. The lowest BCUT2D eigenvalue weighted by molar-refractivity contribution is 0.0830. The molecular formula is C30H41N5O4S. The molecule has 2 atom stereocenters. The smallest absolute Gasteiger partial charge is 0.251 e. The molecule has 0 aliphatic carbocycles. The average molecular weight is 568 g/mol. The van der Waals surface area contributed by atoms with Crippen molar-refractivity contribution in [1.82, 2.24) is 15.6 Å². The molecule has 9 nitrogen and oxygen atoms in total. The van der Waals surface area contributed by atoms with Gasteiger partial charge in [0, 0.05) is 43.1 Å². The number of hydrogen-bond donors (Lipinski definition) is 6. The number of carbonyl (C=O) groups excluding carboxylic acids is 1. The second-order valence-electron chi connectivity index (χ2n) is 10.2. The van der Waals surface area contributed by atoms with E-state index < -0.39 is 22.9 Å². The highest BCUT2D eigenvalue weighted by atomic mass is 32.3. The fourth-order valence-electron chi connectivity index (χ4n) is 4.89. The topological polar surface area (TPSA) is 130 Å². The monoisotopic (exact) mass is 567 g/mol. The summed E-state index contributed by atoms with van der Waals surface area (Å²) in [5.74, 6) is -0.0223. The molecule has 2 aromatic carbocycles. The molecule has 6 N–H and O–H groups in total. The Bertz CT molecular complexity index is 1260. The molecule has 0 bridgehead atoms. The number of hydrogen-bond acceptors (Lipinski definition) is 8. The number of pyridine rings is 1. The fraction of sp³-hybridized carbons (Fsp3) is 0.400. The lowest BCUT2D eigenvalue weighted by atomic mass is 10.00. The summed E-state index contributed by atoms with van der Waals surface area (Å²) in [7, 11) is -2.94. The van der Waals surface area contributed by atoms with Gasteiger partial charge in [-0.1, -0.05) is 36.4 Å². The molecule has 1 aliphatic heterocycles. The lowest BCUT2D eigenvalue weighted by Crippen LogP contribution is -2.48. The van der Waals surface area contributed by atoms with Gasteiger partial charge in [0.05, 0.1) is 29.3 Å². The number of nitrogens with one attached hydrogen (secondary N) is 3. The zero-order valence-electron chi connectivity index (χ0n) is 23.2. The Hall–Kier alpha value is -3.15. The molecule has 0 saturated carbocycles. The van der Waals surface area contributed by atoms with Crippen molar-refractivity contribution in [1.29, 1.82) is 0 Å². The molecule has 0 spiro atoms. The van der Waals surface area contributed by atoms with Gasteiger partial charge in [0.2, 0.25) is 0 Å². The number of aliphatic hydroxyl groups excluding tert-OH is 1. The van der Waals surface area contributed by atoms with E-state index in [2.05, 4.69) is 20.9 Å². The fourth-order valence-corrected chi connectivity index (χ4v) is 6.57. The molecule has 1 aliphatic rings. The van der Waals surface area contributed by atoms with Crippen molar-refractivity contribution >= 4 is 28.1 Å². The molecule has 0 radical (unpaired) electrons. The van der Waals surface area contributed by atoms with Gasteiger partial charge in [-0.25, -0.2) is 0 Å². The third kappa shape index (κ3) is 8.18. The molecule has 216 valence electrons. The summed E-state index contributed by atoms with van der Waals surface area (Å²) in [5, 5.41) is 20.7. The quantitative estimate of drug-likeness (QED) is 0.188. The minimum absolute atomic E-state index is 0.269.